The van der Waals surface area contributed by atoms with E-state index in [-0.39, 0.29) is 17.6 Å². The molecule has 0 aliphatic heterocycles. The van der Waals surface area contributed by atoms with Crippen LogP contribution in [0.25, 0.3) is 0 Å². The lowest BCUT2D eigenvalue weighted by atomic mass is 10.1. The van der Waals surface area contributed by atoms with Crippen LogP contribution in [0.1, 0.15) is 35.0 Å². The highest BCUT2D eigenvalue weighted by molar-refractivity contribution is 9.08. The maximum atomic E-state index is 13.4. The molecule has 0 amide bonds. The molecule has 0 atom stereocenters. The summed E-state index contributed by atoms with van der Waals surface area (Å²) >= 11 is 2.92. The van der Waals surface area contributed by atoms with Crippen molar-refractivity contribution >= 4 is 21.9 Å². The van der Waals surface area contributed by atoms with E-state index in [0.29, 0.717) is 0 Å². The smallest absolute Gasteiger partial charge is 0.342 e. The van der Waals surface area contributed by atoms with Crippen LogP contribution in [0.4, 0.5) is 13.2 Å². The molecule has 0 fully saturated rings. The number of carbonyl (C=O) groups is 1. The van der Waals surface area contributed by atoms with Crippen LogP contribution < -0.4 is 0 Å². The Kier molecular flexibility index (Phi) is 4.92. The maximum absolute atomic E-state index is 13.4. The lowest BCUT2D eigenvalue weighted by molar-refractivity contribution is 0.0519. The van der Waals surface area contributed by atoms with Crippen molar-refractivity contribution < 1.29 is 22.7 Å². The zero-order valence-corrected chi connectivity index (χ0v) is 10.4. The fourth-order valence-electron chi connectivity index (χ4n) is 1.19. The van der Waals surface area contributed by atoms with Gasteiger partial charge in [-0.2, -0.15) is 4.39 Å². The van der Waals surface area contributed by atoms with E-state index in [1.165, 1.54) is 6.92 Å². The molecule has 0 radical (unpaired) electrons. The number of nitrogens with zero attached hydrogens (tertiary/aromatic N) is 1. The van der Waals surface area contributed by atoms with Gasteiger partial charge < -0.3 is 4.74 Å². The van der Waals surface area contributed by atoms with Crippen LogP contribution in [0.2, 0.25) is 0 Å². The molecule has 1 heterocycles. The van der Waals surface area contributed by atoms with Crippen molar-refractivity contribution in [3.05, 3.63) is 28.8 Å². The van der Waals surface area contributed by atoms with Crippen molar-refractivity contribution in [1.82, 2.24) is 4.98 Å². The molecule has 3 nitrogen and oxygen atoms in total. The first kappa shape index (κ1) is 14.0. The Morgan fingerprint density at radius 2 is 2.24 bits per heavy atom. The van der Waals surface area contributed by atoms with Crippen molar-refractivity contribution in [2.45, 2.75) is 18.7 Å². The molecular weight excluding hydrogens is 303 g/mol. The third kappa shape index (κ3) is 3.18. The third-order valence-electron chi connectivity index (χ3n) is 1.95. The van der Waals surface area contributed by atoms with Gasteiger partial charge in [-0.3, -0.25) is 0 Å². The Morgan fingerprint density at radius 3 is 2.71 bits per heavy atom. The van der Waals surface area contributed by atoms with E-state index in [9.17, 15) is 18.0 Å². The molecule has 7 heteroatoms. The molecule has 0 N–H and O–H groups in total. The summed E-state index contributed by atoms with van der Waals surface area (Å²) < 4.78 is 43.2. The number of ether oxygens (including phenoxy) is 1. The second-order valence-electron chi connectivity index (χ2n) is 3.02. The topological polar surface area (TPSA) is 39.2 Å². The SMILES string of the molecule is CCOC(=O)c1cc(C(F)F)c(CBr)nc1F. The van der Waals surface area contributed by atoms with Gasteiger partial charge in [-0.1, -0.05) is 15.9 Å². The van der Waals surface area contributed by atoms with Gasteiger partial charge in [-0.15, -0.1) is 0 Å². The third-order valence-corrected chi connectivity index (χ3v) is 2.48. The Bertz CT molecular complexity index is 426. The number of hydrogen-bond acceptors (Lipinski definition) is 3. The van der Waals surface area contributed by atoms with Crippen LogP contribution in [-0.2, 0) is 10.1 Å². The summed E-state index contributed by atoms with van der Waals surface area (Å²) in [6, 6.07) is 0.779. The first-order chi connectivity index (χ1) is 8.01. The fraction of sp³-hybridized carbons (Fsp3) is 0.400. The Balaban J connectivity index is 3.24. The number of rotatable bonds is 4. The fourth-order valence-corrected chi connectivity index (χ4v) is 1.64. The van der Waals surface area contributed by atoms with Gasteiger partial charge in [0, 0.05) is 10.9 Å². The van der Waals surface area contributed by atoms with Crippen LogP contribution in [0.5, 0.6) is 0 Å². The highest BCUT2D eigenvalue weighted by Crippen LogP contribution is 2.25. The van der Waals surface area contributed by atoms with Gasteiger partial charge in [-0.05, 0) is 13.0 Å². The van der Waals surface area contributed by atoms with Crippen LogP contribution in [0.3, 0.4) is 0 Å². The second kappa shape index (κ2) is 6.00. The molecule has 0 saturated carbocycles. The number of alkyl halides is 3. The van der Waals surface area contributed by atoms with Gasteiger partial charge >= 0.3 is 5.97 Å². The largest absolute Gasteiger partial charge is 0.462 e. The van der Waals surface area contributed by atoms with Crippen molar-refractivity contribution in [1.29, 1.82) is 0 Å². The lowest BCUT2D eigenvalue weighted by Crippen LogP contribution is -2.11. The number of carbonyl (C=O) groups excluding carboxylic acids is 1. The van der Waals surface area contributed by atoms with Gasteiger partial charge in [0.05, 0.1) is 12.3 Å². The molecule has 0 aliphatic rings. The maximum Gasteiger partial charge on any atom is 0.342 e. The van der Waals surface area contributed by atoms with E-state index in [0.717, 1.165) is 6.07 Å². The minimum Gasteiger partial charge on any atom is -0.462 e. The highest BCUT2D eigenvalue weighted by atomic mass is 79.9. The number of esters is 1. The average molecular weight is 312 g/mol. The van der Waals surface area contributed by atoms with Crippen molar-refractivity contribution in [3.63, 3.8) is 0 Å². The van der Waals surface area contributed by atoms with E-state index < -0.39 is 29.5 Å². The molecule has 94 valence electrons. The summed E-state index contributed by atoms with van der Waals surface area (Å²) in [6.45, 7) is 1.56. The Hall–Kier alpha value is -1.11. The molecule has 17 heavy (non-hydrogen) atoms. The number of hydrogen-bond donors (Lipinski definition) is 0. The highest BCUT2D eigenvalue weighted by Gasteiger charge is 2.22. The average Bonchev–Trinajstić information content (AvgIpc) is 2.28. The molecule has 0 spiro atoms. The van der Waals surface area contributed by atoms with Gasteiger partial charge in [0.15, 0.2) is 0 Å². The first-order valence-corrected chi connectivity index (χ1v) is 5.83. The van der Waals surface area contributed by atoms with Crippen LogP contribution in [0.15, 0.2) is 6.07 Å². The normalized spacial score (nSPS) is 10.7. The quantitative estimate of drug-likeness (QED) is 0.487. The lowest BCUT2D eigenvalue weighted by Gasteiger charge is -2.09. The van der Waals surface area contributed by atoms with Crippen molar-refractivity contribution in [3.8, 4) is 0 Å². The van der Waals surface area contributed by atoms with E-state index >= 15 is 0 Å². The number of aromatic nitrogens is 1. The van der Waals surface area contributed by atoms with E-state index in [1.54, 1.807) is 0 Å². The Morgan fingerprint density at radius 1 is 1.59 bits per heavy atom. The second-order valence-corrected chi connectivity index (χ2v) is 3.58. The molecule has 0 aliphatic carbocycles. The molecule has 0 bridgehead atoms. The molecule has 0 aromatic carbocycles. The van der Waals surface area contributed by atoms with Gasteiger partial charge in [-0.25, -0.2) is 18.6 Å². The Labute approximate surface area is 104 Å². The van der Waals surface area contributed by atoms with Crippen molar-refractivity contribution in [2.24, 2.45) is 0 Å². The van der Waals surface area contributed by atoms with Crippen LogP contribution in [0, 0.1) is 5.95 Å². The van der Waals surface area contributed by atoms with Crippen molar-refractivity contribution in [2.75, 3.05) is 6.61 Å². The minimum atomic E-state index is -2.83. The van der Waals surface area contributed by atoms with E-state index in [4.69, 9.17) is 0 Å². The van der Waals surface area contributed by atoms with Crippen LogP contribution in [-0.4, -0.2) is 17.6 Å². The van der Waals surface area contributed by atoms with Gasteiger partial charge in [0.2, 0.25) is 5.95 Å². The predicted octanol–water partition coefficient (Wildman–Crippen LogP) is 3.23. The van der Waals surface area contributed by atoms with E-state index in [1.807, 2.05) is 0 Å². The predicted molar refractivity (Wildman–Crippen MR) is 57.7 cm³/mol. The molecule has 1 rings (SSSR count). The summed E-state index contributed by atoms with van der Waals surface area (Å²) in [7, 11) is 0. The first-order valence-electron chi connectivity index (χ1n) is 4.71. The number of halogens is 4. The molecule has 0 saturated heterocycles. The summed E-state index contributed by atoms with van der Waals surface area (Å²) in [6.07, 6.45) is -2.83. The summed E-state index contributed by atoms with van der Waals surface area (Å²) in [5.74, 6) is -2.11. The molecular formula is C10H9BrF3NO2. The summed E-state index contributed by atoms with van der Waals surface area (Å²) in [5, 5.41) is -0.0211. The molecule has 1 aromatic heterocycles. The van der Waals surface area contributed by atoms with E-state index in [2.05, 4.69) is 25.7 Å². The minimum absolute atomic E-state index is 0.0211. The molecule has 0 unspecified atom stereocenters. The van der Waals surface area contributed by atoms with Gasteiger partial charge in [0.25, 0.3) is 6.43 Å². The zero-order chi connectivity index (χ0) is 13.0. The van der Waals surface area contributed by atoms with Crippen LogP contribution >= 0.6 is 15.9 Å². The summed E-state index contributed by atoms with van der Waals surface area (Å²) in [5.41, 5.74) is -1.19. The molecule has 1 aromatic rings. The summed E-state index contributed by atoms with van der Waals surface area (Å²) in [4.78, 5) is 14.6. The van der Waals surface area contributed by atoms with Gasteiger partial charge in [0.1, 0.15) is 5.56 Å². The monoisotopic (exact) mass is 311 g/mol. The number of pyridine rings is 1. The standard InChI is InChI=1S/C10H9BrF3NO2/c1-2-17-10(16)6-3-5(8(12)13)7(4-11)15-9(6)14/h3,8H,2,4H2,1H3. The zero-order valence-electron chi connectivity index (χ0n) is 8.84.